The molecule has 0 bridgehead atoms. The lowest BCUT2D eigenvalue weighted by Crippen LogP contribution is -2.58. The van der Waals surface area contributed by atoms with Crippen molar-refractivity contribution in [2.45, 2.75) is 18.1 Å². The van der Waals surface area contributed by atoms with Crippen LogP contribution < -0.4 is 10.5 Å². The van der Waals surface area contributed by atoms with Gasteiger partial charge in [-0.25, -0.2) is 9.38 Å². The summed E-state index contributed by atoms with van der Waals surface area (Å²) < 4.78 is 20.3. The molecule has 1 fully saturated rings. The summed E-state index contributed by atoms with van der Waals surface area (Å²) in [6, 6.07) is 9.91. The first-order valence-corrected chi connectivity index (χ1v) is 10.3. The van der Waals surface area contributed by atoms with Gasteiger partial charge in [0.15, 0.2) is 11.5 Å². The highest BCUT2D eigenvalue weighted by atomic mass is 35.5. The Balaban J connectivity index is 1.72. The van der Waals surface area contributed by atoms with Gasteiger partial charge in [0, 0.05) is 36.6 Å². The van der Waals surface area contributed by atoms with Crippen molar-refractivity contribution in [1.29, 1.82) is 0 Å². The molecule has 156 valence electrons. The molecule has 8 heteroatoms. The molecule has 0 unspecified atom stereocenters. The van der Waals surface area contributed by atoms with Gasteiger partial charge in [0.2, 0.25) is 0 Å². The molecule has 2 aromatic rings. The van der Waals surface area contributed by atoms with E-state index in [1.54, 1.807) is 13.1 Å². The van der Waals surface area contributed by atoms with Crippen molar-refractivity contribution in [3.05, 3.63) is 52.8 Å². The van der Waals surface area contributed by atoms with E-state index in [1.807, 2.05) is 25.2 Å². The van der Waals surface area contributed by atoms with Crippen molar-refractivity contribution < 1.29 is 13.9 Å². The maximum absolute atomic E-state index is 14.0. The van der Waals surface area contributed by atoms with Crippen molar-refractivity contribution in [3.8, 4) is 16.9 Å². The lowest BCUT2D eigenvalue weighted by atomic mass is 9.70. The maximum Gasteiger partial charge on any atom is 0.262 e. The molecule has 2 N–H and O–H groups in total. The normalized spacial score (nSPS) is 28.2. The van der Waals surface area contributed by atoms with E-state index >= 15 is 0 Å². The average Bonchev–Trinajstić information content (AvgIpc) is 2.93. The number of carbonyl (C=O) groups excluding carboxylic acids is 1. The van der Waals surface area contributed by atoms with E-state index in [1.165, 1.54) is 17.0 Å². The largest absolute Gasteiger partial charge is 0.490 e. The predicted octanol–water partition coefficient (Wildman–Crippen LogP) is 2.84. The molecule has 30 heavy (non-hydrogen) atoms. The van der Waals surface area contributed by atoms with Crippen LogP contribution >= 0.6 is 11.6 Å². The fraction of sp³-hybridized carbons (Fsp3) is 0.364. The van der Waals surface area contributed by atoms with Gasteiger partial charge < -0.3 is 15.4 Å². The molecule has 3 aliphatic heterocycles. The number of guanidine groups is 1. The first kappa shape index (κ1) is 19.3. The number of ether oxygens (including phenoxy) is 1. The Bertz CT molecular complexity index is 1070. The van der Waals surface area contributed by atoms with E-state index in [4.69, 9.17) is 27.1 Å². The van der Waals surface area contributed by atoms with Gasteiger partial charge in [0.05, 0.1) is 0 Å². The summed E-state index contributed by atoms with van der Waals surface area (Å²) in [4.78, 5) is 21.9. The molecule has 0 saturated carbocycles. The molecule has 0 radical (unpaired) electrons. The predicted molar refractivity (Wildman–Crippen MR) is 113 cm³/mol. The second-order valence-electron chi connectivity index (χ2n) is 8.28. The summed E-state index contributed by atoms with van der Waals surface area (Å²) in [7, 11) is 3.67. The first-order valence-electron chi connectivity index (χ1n) is 9.89. The van der Waals surface area contributed by atoms with Gasteiger partial charge in [-0.2, -0.15) is 0 Å². The number of carbonyl (C=O) groups is 1. The van der Waals surface area contributed by atoms with E-state index in [2.05, 4.69) is 4.90 Å². The average molecular weight is 429 g/mol. The number of nitrogens with two attached hydrogens (primary N) is 1. The third-order valence-corrected chi connectivity index (χ3v) is 6.64. The van der Waals surface area contributed by atoms with Gasteiger partial charge in [-0.05, 0) is 54.9 Å². The smallest absolute Gasteiger partial charge is 0.262 e. The third kappa shape index (κ3) is 2.72. The molecule has 1 amide bonds. The lowest BCUT2D eigenvalue weighted by molar-refractivity contribution is -0.137. The SMILES string of the molecule is CN1CC[C@@H]2Oc3ccc(-c4cc(F)cc(Cl)c4)cc3[C@@]3(N=C(N)N(C)C3=O)[C@H]2C1. The number of halogens is 2. The fourth-order valence-corrected chi connectivity index (χ4v) is 5.13. The molecule has 0 aromatic heterocycles. The second-order valence-corrected chi connectivity index (χ2v) is 8.72. The van der Waals surface area contributed by atoms with Crippen LogP contribution in [0.5, 0.6) is 5.75 Å². The number of likely N-dealkylation sites (N-methyl/N-ethyl adjacent to an activating group) is 1. The van der Waals surface area contributed by atoms with Gasteiger partial charge in [-0.3, -0.25) is 9.69 Å². The first-order chi connectivity index (χ1) is 14.3. The van der Waals surface area contributed by atoms with Crippen LogP contribution in [0.2, 0.25) is 5.02 Å². The number of hydrogen-bond acceptors (Lipinski definition) is 5. The topological polar surface area (TPSA) is 71.2 Å². The number of likely N-dealkylation sites (tertiary alicyclic amines) is 1. The van der Waals surface area contributed by atoms with Gasteiger partial charge in [-0.1, -0.05) is 17.7 Å². The number of fused-ring (bicyclic) bond motifs is 4. The molecule has 2 aromatic carbocycles. The fourth-order valence-electron chi connectivity index (χ4n) is 4.91. The van der Waals surface area contributed by atoms with E-state index in [0.29, 0.717) is 28.4 Å². The molecule has 0 aliphatic carbocycles. The van der Waals surface area contributed by atoms with Gasteiger partial charge in [0.1, 0.15) is 17.7 Å². The minimum Gasteiger partial charge on any atom is -0.490 e. The number of amides is 1. The zero-order valence-electron chi connectivity index (χ0n) is 16.7. The van der Waals surface area contributed by atoms with Crippen LogP contribution in [0.25, 0.3) is 11.1 Å². The van der Waals surface area contributed by atoms with Crippen LogP contribution in [0, 0.1) is 11.7 Å². The highest BCUT2D eigenvalue weighted by molar-refractivity contribution is 6.30. The molecule has 1 saturated heterocycles. The van der Waals surface area contributed by atoms with Crippen molar-refractivity contribution in [1.82, 2.24) is 9.80 Å². The molecule has 1 spiro atoms. The molecule has 3 heterocycles. The lowest BCUT2D eigenvalue weighted by Gasteiger charge is -2.48. The van der Waals surface area contributed by atoms with Crippen molar-refractivity contribution in [3.63, 3.8) is 0 Å². The second kappa shape index (κ2) is 6.68. The Hall–Kier alpha value is -2.64. The zero-order valence-corrected chi connectivity index (χ0v) is 17.5. The van der Waals surface area contributed by atoms with Crippen molar-refractivity contribution in [2.75, 3.05) is 27.2 Å². The number of aliphatic imine (C=N–C) groups is 1. The van der Waals surface area contributed by atoms with E-state index < -0.39 is 11.4 Å². The summed E-state index contributed by atoms with van der Waals surface area (Å²) in [5.41, 5.74) is 6.97. The summed E-state index contributed by atoms with van der Waals surface area (Å²) in [6.07, 6.45) is 0.672. The summed E-state index contributed by atoms with van der Waals surface area (Å²) in [5.74, 6) is 0.0516. The third-order valence-electron chi connectivity index (χ3n) is 6.42. The molecule has 6 nitrogen and oxygen atoms in total. The Morgan fingerprint density at radius 1 is 1.23 bits per heavy atom. The van der Waals surface area contributed by atoms with Crippen molar-refractivity contribution >= 4 is 23.5 Å². The quantitative estimate of drug-likeness (QED) is 0.758. The Labute approximate surface area is 179 Å². The monoisotopic (exact) mass is 428 g/mol. The number of rotatable bonds is 1. The summed E-state index contributed by atoms with van der Waals surface area (Å²) in [6.45, 7) is 1.55. The number of nitrogens with zero attached hydrogens (tertiary/aromatic N) is 3. The maximum atomic E-state index is 14.0. The van der Waals surface area contributed by atoms with Gasteiger partial charge in [-0.15, -0.1) is 0 Å². The van der Waals surface area contributed by atoms with E-state index in [9.17, 15) is 9.18 Å². The standard InChI is InChI=1S/C22H22ClFN4O2/c1-27-6-5-19-17(11-27)22(20(29)28(2)21(25)26-22)16-9-12(3-4-18(16)30-19)13-7-14(23)10-15(24)8-13/h3-4,7-10,17,19H,5-6,11H2,1-2H3,(H2,25,26)/t17-,19-,22+/m0/s1. The number of piperidine rings is 1. The number of hydrogen-bond donors (Lipinski definition) is 1. The minimum absolute atomic E-state index is 0.129. The Kier molecular flexibility index (Phi) is 4.31. The highest BCUT2D eigenvalue weighted by Crippen LogP contribution is 2.51. The van der Waals surface area contributed by atoms with Crippen molar-refractivity contribution in [2.24, 2.45) is 16.6 Å². The van der Waals surface area contributed by atoms with Crippen LogP contribution in [0.1, 0.15) is 12.0 Å². The molecular weight excluding hydrogens is 407 g/mol. The summed E-state index contributed by atoms with van der Waals surface area (Å²) in [5, 5.41) is 0.307. The molecule has 3 atom stereocenters. The minimum atomic E-state index is -1.15. The highest BCUT2D eigenvalue weighted by Gasteiger charge is 2.60. The van der Waals surface area contributed by atoms with Crippen LogP contribution in [0.4, 0.5) is 4.39 Å². The Morgan fingerprint density at radius 3 is 2.73 bits per heavy atom. The molecular formula is C22H22ClFN4O2. The van der Waals surface area contributed by atoms with Crippen LogP contribution in [-0.2, 0) is 10.3 Å². The van der Waals surface area contributed by atoms with Gasteiger partial charge >= 0.3 is 0 Å². The van der Waals surface area contributed by atoms with E-state index in [0.717, 1.165) is 18.5 Å². The zero-order chi connectivity index (χ0) is 21.2. The van der Waals surface area contributed by atoms with Crippen LogP contribution in [0.15, 0.2) is 41.4 Å². The summed E-state index contributed by atoms with van der Waals surface area (Å²) >= 11 is 6.06. The molecule has 3 aliphatic rings. The van der Waals surface area contributed by atoms with Crippen LogP contribution in [-0.4, -0.2) is 55.0 Å². The number of benzene rings is 2. The van der Waals surface area contributed by atoms with Crippen LogP contribution in [0.3, 0.4) is 0 Å². The Morgan fingerprint density at radius 2 is 2.03 bits per heavy atom. The van der Waals surface area contributed by atoms with Gasteiger partial charge in [0.25, 0.3) is 5.91 Å². The molecule has 5 rings (SSSR count). The van der Waals surface area contributed by atoms with E-state index in [-0.39, 0.29) is 23.9 Å².